The van der Waals surface area contributed by atoms with Gasteiger partial charge in [-0.3, -0.25) is 0 Å². The van der Waals surface area contributed by atoms with Crippen molar-refractivity contribution in [2.45, 2.75) is 103 Å². The van der Waals surface area contributed by atoms with Gasteiger partial charge in [0.15, 0.2) is 0 Å². The van der Waals surface area contributed by atoms with Crippen LogP contribution in [-0.2, 0) is 10.8 Å². The Morgan fingerprint density at radius 1 is 0.655 bits per heavy atom. The van der Waals surface area contributed by atoms with Crippen LogP contribution in [0.1, 0.15) is 114 Å². The van der Waals surface area contributed by atoms with E-state index >= 15 is 0 Å². The van der Waals surface area contributed by atoms with Crippen molar-refractivity contribution in [1.82, 2.24) is 0 Å². The van der Waals surface area contributed by atoms with Crippen LogP contribution in [0.5, 0.6) is 0 Å². The normalized spacial score (nSPS) is 24.3. The Balaban J connectivity index is 1.81. The van der Waals surface area contributed by atoms with Crippen LogP contribution in [0.2, 0.25) is 0 Å². The molecule has 0 radical (unpaired) electrons. The third-order valence-electron chi connectivity index (χ3n) is 9.51. The van der Waals surface area contributed by atoms with Crippen LogP contribution >= 0.6 is 0 Å². The van der Waals surface area contributed by atoms with Crippen LogP contribution < -0.4 is 0 Å². The van der Waals surface area contributed by atoms with Crippen molar-refractivity contribution in [2.24, 2.45) is 5.41 Å². The van der Waals surface area contributed by atoms with E-state index in [2.05, 4.69) is 90.1 Å². The Kier molecular flexibility index (Phi) is 5.21. The Bertz CT molecular complexity index is 792. The highest BCUT2D eigenvalue weighted by molar-refractivity contribution is 5.48. The number of hydrogen-bond donors (Lipinski definition) is 0. The lowest BCUT2D eigenvalue weighted by Crippen LogP contribution is -2.31. The molecule has 2 aromatic carbocycles. The van der Waals surface area contributed by atoms with Gasteiger partial charge in [0.1, 0.15) is 0 Å². The van der Waals surface area contributed by atoms with Gasteiger partial charge in [-0.15, -0.1) is 0 Å². The summed E-state index contributed by atoms with van der Waals surface area (Å²) in [5, 5.41) is 0. The fourth-order valence-electron chi connectivity index (χ4n) is 7.20. The summed E-state index contributed by atoms with van der Waals surface area (Å²) in [4.78, 5) is 0. The highest BCUT2D eigenvalue weighted by atomic mass is 14.6. The minimum atomic E-state index is 0.254. The van der Waals surface area contributed by atoms with Crippen LogP contribution in [0.3, 0.4) is 0 Å². The molecule has 0 saturated carbocycles. The molecule has 0 heterocycles. The molecule has 0 spiro atoms. The van der Waals surface area contributed by atoms with Crippen molar-refractivity contribution >= 4 is 0 Å². The maximum absolute atomic E-state index is 2.58. The van der Waals surface area contributed by atoms with Crippen LogP contribution in [0.15, 0.2) is 48.5 Å². The second-order valence-electron chi connectivity index (χ2n) is 10.5. The first-order chi connectivity index (χ1) is 13.9. The van der Waals surface area contributed by atoms with Gasteiger partial charge in [0, 0.05) is 0 Å². The highest BCUT2D eigenvalue weighted by Gasteiger charge is 2.53. The van der Waals surface area contributed by atoms with E-state index in [0.717, 1.165) is 0 Å². The smallest absolute Gasteiger partial charge is 0.00434 e. The third-order valence-corrected chi connectivity index (χ3v) is 9.51. The first-order valence-electron chi connectivity index (χ1n) is 12.1. The second kappa shape index (κ2) is 7.29. The summed E-state index contributed by atoms with van der Waals surface area (Å²) in [5.41, 5.74) is 7.56. The fourth-order valence-corrected chi connectivity index (χ4v) is 7.20. The molecule has 156 valence electrons. The molecule has 2 aromatic rings. The van der Waals surface area contributed by atoms with Gasteiger partial charge >= 0.3 is 0 Å². The van der Waals surface area contributed by atoms with Crippen LogP contribution in [-0.4, -0.2) is 0 Å². The summed E-state index contributed by atoms with van der Waals surface area (Å²) in [5.74, 6) is 1.28. The molecule has 0 amide bonds. The van der Waals surface area contributed by atoms with E-state index in [4.69, 9.17) is 0 Å². The van der Waals surface area contributed by atoms with Gasteiger partial charge in [-0.25, -0.2) is 0 Å². The lowest BCUT2D eigenvalue weighted by atomic mass is 9.63. The molecule has 0 N–H and O–H groups in total. The minimum absolute atomic E-state index is 0.254. The number of hydrogen-bond acceptors (Lipinski definition) is 0. The first-order valence-corrected chi connectivity index (χ1v) is 12.1. The molecule has 2 aliphatic carbocycles. The van der Waals surface area contributed by atoms with E-state index in [1.54, 1.807) is 22.3 Å². The van der Waals surface area contributed by atoms with E-state index in [-0.39, 0.29) is 5.41 Å². The second-order valence-corrected chi connectivity index (χ2v) is 10.5. The van der Waals surface area contributed by atoms with Gasteiger partial charge in [-0.1, -0.05) is 90.1 Å². The van der Waals surface area contributed by atoms with E-state index in [0.29, 0.717) is 22.7 Å². The zero-order valence-electron chi connectivity index (χ0n) is 19.5. The standard InChI is InChI=1S/C29H40/c1-7-28(8-2)19-25(21-15-11-13-17-23(21)28)27(5,6)26-20-29(9-3,10-4)24-18-14-12-16-22(24)26/h11-18,25-26H,7-10,19-20H2,1-6H3. The number of rotatable bonds is 6. The topological polar surface area (TPSA) is 0 Å². The largest absolute Gasteiger partial charge is 0.0645 e. The quantitative estimate of drug-likeness (QED) is 0.465. The molecule has 2 aliphatic rings. The average molecular weight is 389 g/mol. The molecule has 0 bridgehead atoms. The molecular formula is C29H40. The molecule has 0 heteroatoms. The molecule has 2 unspecified atom stereocenters. The highest BCUT2D eigenvalue weighted by Crippen LogP contribution is 2.64. The zero-order chi connectivity index (χ0) is 20.9. The Hall–Kier alpha value is -1.56. The summed E-state index contributed by atoms with van der Waals surface area (Å²) in [7, 11) is 0. The Morgan fingerprint density at radius 2 is 1.00 bits per heavy atom. The molecule has 0 aliphatic heterocycles. The summed E-state index contributed by atoms with van der Waals surface area (Å²) in [6, 6.07) is 18.8. The summed E-state index contributed by atoms with van der Waals surface area (Å²) in [6.45, 7) is 14.8. The van der Waals surface area contributed by atoms with Crippen molar-refractivity contribution in [2.75, 3.05) is 0 Å². The van der Waals surface area contributed by atoms with E-state index < -0.39 is 0 Å². The van der Waals surface area contributed by atoms with Crippen molar-refractivity contribution in [3.05, 3.63) is 70.8 Å². The predicted octanol–water partition coefficient (Wildman–Crippen LogP) is 8.50. The summed E-state index contributed by atoms with van der Waals surface area (Å²) >= 11 is 0. The fraction of sp³-hybridized carbons (Fsp3) is 0.586. The molecule has 29 heavy (non-hydrogen) atoms. The summed E-state index contributed by atoms with van der Waals surface area (Å²) < 4.78 is 0. The monoisotopic (exact) mass is 388 g/mol. The maximum atomic E-state index is 2.58. The average Bonchev–Trinajstić information content (AvgIpc) is 3.29. The number of fused-ring (bicyclic) bond motifs is 2. The predicted molar refractivity (Wildman–Crippen MR) is 126 cm³/mol. The SMILES string of the molecule is CCC1(CC)CC(C(C)(C)C2CC(CC)(CC)c3ccccc32)c2ccccc21. The van der Waals surface area contributed by atoms with Gasteiger partial charge in [0.25, 0.3) is 0 Å². The molecule has 4 rings (SSSR count). The molecule has 0 nitrogen and oxygen atoms in total. The van der Waals surface area contributed by atoms with E-state index in [1.165, 1.54) is 38.5 Å². The minimum Gasteiger partial charge on any atom is -0.0645 e. The van der Waals surface area contributed by atoms with Gasteiger partial charge in [-0.05, 0) is 88.9 Å². The Morgan fingerprint density at radius 3 is 1.34 bits per heavy atom. The van der Waals surface area contributed by atoms with E-state index in [1.807, 2.05) is 0 Å². The lowest BCUT2D eigenvalue weighted by molar-refractivity contribution is 0.177. The Labute approximate surface area is 179 Å². The third kappa shape index (κ3) is 2.85. The van der Waals surface area contributed by atoms with Crippen LogP contribution in [0.25, 0.3) is 0 Å². The molecule has 2 atom stereocenters. The van der Waals surface area contributed by atoms with Gasteiger partial charge in [0.2, 0.25) is 0 Å². The van der Waals surface area contributed by atoms with E-state index in [9.17, 15) is 0 Å². The molecular weight excluding hydrogens is 348 g/mol. The number of benzene rings is 2. The van der Waals surface area contributed by atoms with Crippen molar-refractivity contribution in [3.63, 3.8) is 0 Å². The van der Waals surface area contributed by atoms with Crippen LogP contribution in [0.4, 0.5) is 0 Å². The van der Waals surface area contributed by atoms with Crippen molar-refractivity contribution in [1.29, 1.82) is 0 Å². The van der Waals surface area contributed by atoms with Gasteiger partial charge in [0.05, 0.1) is 0 Å². The molecule has 0 aromatic heterocycles. The van der Waals surface area contributed by atoms with Crippen LogP contribution in [0, 0.1) is 5.41 Å². The van der Waals surface area contributed by atoms with Crippen molar-refractivity contribution < 1.29 is 0 Å². The molecule has 0 fully saturated rings. The first kappa shape index (κ1) is 20.7. The van der Waals surface area contributed by atoms with Gasteiger partial charge in [-0.2, -0.15) is 0 Å². The maximum Gasteiger partial charge on any atom is -0.00434 e. The zero-order valence-corrected chi connectivity index (χ0v) is 19.5. The van der Waals surface area contributed by atoms with Gasteiger partial charge < -0.3 is 0 Å². The van der Waals surface area contributed by atoms with Crippen molar-refractivity contribution in [3.8, 4) is 0 Å². The summed E-state index contributed by atoms with van der Waals surface area (Å²) in [6.07, 6.45) is 7.64. The molecule has 0 saturated heterocycles. The lowest BCUT2D eigenvalue weighted by Gasteiger charge is -2.41.